The van der Waals surface area contributed by atoms with Crippen LogP contribution in [0.5, 0.6) is 5.75 Å². The molecule has 3 amide bonds. The van der Waals surface area contributed by atoms with Gasteiger partial charge in [0.25, 0.3) is 11.8 Å². The zero-order valence-corrected chi connectivity index (χ0v) is 32.8. The number of likely N-dealkylation sites (N-methyl/N-ethyl adjacent to an activating group) is 1. The summed E-state index contributed by atoms with van der Waals surface area (Å²) in [5.74, 6) is 0.331. The number of para-hydroxylation sites is 2. The van der Waals surface area contributed by atoms with E-state index < -0.39 is 6.09 Å². The lowest BCUT2D eigenvalue weighted by Gasteiger charge is -2.42. The number of rotatable bonds is 7. The second-order valence-electron chi connectivity index (χ2n) is 15.5. The van der Waals surface area contributed by atoms with Crippen molar-refractivity contribution in [3.05, 3.63) is 142 Å². The monoisotopic (exact) mass is 750 g/mol. The Morgan fingerprint density at radius 1 is 0.750 bits per heavy atom. The van der Waals surface area contributed by atoms with Crippen molar-refractivity contribution in [3.63, 3.8) is 0 Å². The highest BCUT2D eigenvalue weighted by molar-refractivity contribution is 6.09. The number of aryl methyl sites for hydroxylation is 1. The van der Waals surface area contributed by atoms with E-state index in [9.17, 15) is 9.59 Å². The van der Waals surface area contributed by atoms with Gasteiger partial charge in [-0.05, 0) is 91.0 Å². The van der Waals surface area contributed by atoms with Gasteiger partial charge >= 0.3 is 6.09 Å². The fourth-order valence-corrected chi connectivity index (χ4v) is 8.57. The number of hydrogen-bond acceptors (Lipinski definition) is 6. The summed E-state index contributed by atoms with van der Waals surface area (Å²) < 4.78 is 7.72. The number of benzene rings is 4. The number of nitrogens with zero attached hydrogens (tertiary/aromatic N) is 6. The van der Waals surface area contributed by atoms with E-state index in [1.807, 2.05) is 85.4 Å². The van der Waals surface area contributed by atoms with Gasteiger partial charge in [0.15, 0.2) is 0 Å². The average molecular weight is 751 g/mol. The van der Waals surface area contributed by atoms with Crippen LogP contribution in [0.3, 0.4) is 0 Å². The van der Waals surface area contributed by atoms with Gasteiger partial charge < -0.3 is 28.9 Å². The summed E-state index contributed by atoms with van der Waals surface area (Å²) in [6.45, 7) is 8.03. The SMILES string of the molecule is Cc1c(C(=O)N(C)c2ccccc2)cn(C)c1-c1cc2c(cc1C(=O)N1Cc3ccccc3C[C@H]1CN1CCN(C)CC1)CN(C(=O)Oc1ccccc1)CC2. The van der Waals surface area contributed by atoms with Crippen LogP contribution in [0.15, 0.2) is 103 Å². The minimum absolute atomic E-state index is 0.0202. The molecule has 0 N–H and O–H groups in total. The smallest absolute Gasteiger partial charge is 0.410 e. The molecule has 10 heteroatoms. The highest BCUT2D eigenvalue weighted by Crippen LogP contribution is 2.37. The van der Waals surface area contributed by atoms with Gasteiger partial charge in [0.1, 0.15) is 5.75 Å². The number of anilines is 1. The number of hydrogen-bond donors (Lipinski definition) is 0. The lowest BCUT2D eigenvalue weighted by Crippen LogP contribution is -2.53. The van der Waals surface area contributed by atoms with E-state index in [2.05, 4.69) is 46.0 Å². The molecular formula is C46H50N6O4. The molecule has 0 saturated carbocycles. The molecule has 10 nitrogen and oxygen atoms in total. The van der Waals surface area contributed by atoms with Crippen LogP contribution >= 0.6 is 0 Å². The number of amides is 3. The Balaban J connectivity index is 1.19. The molecule has 0 aliphatic carbocycles. The molecule has 1 aromatic heterocycles. The summed E-state index contributed by atoms with van der Waals surface area (Å²) in [6, 6.07) is 31.3. The van der Waals surface area contributed by atoms with E-state index in [0.29, 0.717) is 42.9 Å². The maximum Gasteiger partial charge on any atom is 0.415 e. The minimum Gasteiger partial charge on any atom is -0.410 e. The van der Waals surface area contributed by atoms with E-state index >= 15 is 4.79 Å². The summed E-state index contributed by atoms with van der Waals surface area (Å²) in [5.41, 5.74) is 8.86. The third kappa shape index (κ3) is 7.46. The van der Waals surface area contributed by atoms with Crippen molar-refractivity contribution in [1.29, 1.82) is 0 Å². The highest BCUT2D eigenvalue weighted by Gasteiger charge is 2.35. The number of carbonyl (C=O) groups is 3. The third-order valence-electron chi connectivity index (χ3n) is 11.8. The number of fused-ring (bicyclic) bond motifs is 2. The molecule has 4 aromatic carbocycles. The van der Waals surface area contributed by atoms with Crippen LogP contribution in [0.4, 0.5) is 10.5 Å². The summed E-state index contributed by atoms with van der Waals surface area (Å²) in [4.78, 5) is 53.2. The van der Waals surface area contributed by atoms with E-state index in [0.717, 1.165) is 78.3 Å². The van der Waals surface area contributed by atoms with Crippen LogP contribution in [0.2, 0.25) is 0 Å². The van der Waals surface area contributed by atoms with E-state index in [1.165, 1.54) is 5.56 Å². The largest absolute Gasteiger partial charge is 0.415 e. The third-order valence-corrected chi connectivity index (χ3v) is 11.8. The lowest BCUT2D eigenvalue weighted by atomic mass is 9.88. The van der Waals surface area contributed by atoms with Crippen molar-refractivity contribution < 1.29 is 19.1 Å². The van der Waals surface area contributed by atoms with Gasteiger partial charge in [0, 0.05) is 95.5 Å². The first-order chi connectivity index (χ1) is 27.1. The van der Waals surface area contributed by atoms with Crippen LogP contribution in [0.25, 0.3) is 11.3 Å². The Morgan fingerprint density at radius 3 is 2.16 bits per heavy atom. The van der Waals surface area contributed by atoms with Crippen LogP contribution in [0, 0.1) is 6.92 Å². The van der Waals surface area contributed by atoms with Crippen molar-refractivity contribution in [1.82, 2.24) is 24.2 Å². The molecule has 0 bridgehead atoms. The Bertz CT molecular complexity index is 2240. The number of piperazine rings is 1. The quantitative estimate of drug-likeness (QED) is 0.186. The Morgan fingerprint density at radius 2 is 1.43 bits per heavy atom. The molecule has 8 rings (SSSR count). The molecule has 3 aliphatic heterocycles. The molecule has 1 saturated heterocycles. The molecule has 0 unspecified atom stereocenters. The van der Waals surface area contributed by atoms with Crippen molar-refractivity contribution in [2.45, 2.75) is 38.9 Å². The maximum absolute atomic E-state index is 15.4. The molecule has 288 valence electrons. The fraction of sp³-hybridized carbons (Fsp3) is 0.326. The molecule has 3 aliphatic rings. The summed E-state index contributed by atoms with van der Waals surface area (Å²) in [7, 11) is 5.90. The minimum atomic E-state index is -0.414. The predicted octanol–water partition coefficient (Wildman–Crippen LogP) is 6.65. The molecule has 1 fully saturated rings. The second-order valence-corrected chi connectivity index (χ2v) is 15.5. The summed E-state index contributed by atoms with van der Waals surface area (Å²) in [6.07, 6.45) is 2.86. The maximum atomic E-state index is 15.4. The van der Waals surface area contributed by atoms with Gasteiger partial charge in [0.2, 0.25) is 0 Å². The molecule has 0 radical (unpaired) electrons. The number of carbonyl (C=O) groups excluding carboxylic acids is 3. The molecule has 56 heavy (non-hydrogen) atoms. The Labute approximate surface area is 329 Å². The number of aromatic nitrogens is 1. The van der Waals surface area contributed by atoms with Crippen molar-refractivity contribution in [2.75, 3.05) is 58.3 Å². The van der Waals surface area contributed by atoms with Gasteiger partial charge in [-0.1, -0.05) is 60.7 Å². The van der Waals surface area contributed by atoms with Crippen molar-refractivity contribution in [2.24, 2.45) is 7.05 Å². The zero-order valence-electron chi connectivity index (χ0n) is 32.8. The van der Waals surface area contributed by atoms with Gasteiger partial charge in [-0.15, -0.1) is 0 Å². The molecule has 1 atom stereocenters. The van der Waals surface area contributed by atoms with E-state index in [-0.39, 0.29) is 17.9 Å². The zero-order chi connectivity index (χ0) is 38.9. The van der Waals surface area contributed by atoms with Crippen LogP contribution in [-0.4, -0.2) is 101 Å². The predicted molar refractivity (Wildman–Crippen MR) is 219 cm³/mol. The summed E-state index contributed by atoms with van der Waals surface area (Å²) in [5, 5.41) is 0. The molecule has 0 spiro atoms. The van der Waals surface area contributed by atoms with Gasteiger partial charge in [-0.2, -0.15) is 0 Å². The lowest BCUT2D eigenvalue weighted by molar-refractivity contribution is 0.0536. The van der Waals surface area contributed by atoms with Gasteiger partial charge in [-0.3, -0.25) is 14.5 Å². The first-order valence-corrected chi connectivity index (χ1v) is 19.6. The summed E-state index contributed by atoms with van der Waals surface area (Å²) >= 11 is 0. The van der Waals surface area contributed by atoms with Crippen LogP contribution in [-0.2, 0) is 33.0 Å². The van der Waals surface area contributed by atoms with Gasteiger partial charge in [0.05, 0.1) is 11.3 Å². The molecular weight excluding hydrogens is 701 g/mol. The fourth-order valence-electron chi connectivity index (χ4n) is 8.57. The number of ether oxygens (including phenoxy) is 1. The van der Waals surface area contributed by atoms with E-state index in [4.69, 9.17) is 4.74 Å². The van der Waals surface area contributed by atoms with Crippen LogP contribution < -0.4 is 9.64 Å². The van der Waals surface area contributed by atoms with Crippen molar-refractivity contribution >= 4 is 23.6 Å². The topological polar surface area (TPSA) is 81.6 Å². The first kappa shape index (κ1) is 37.2. The average Bonchev–Trinajstić information content (AvgIpc) is 3.53. The van der Waals surface area contributed by atoms with Crippen LogP contribution in [0.1, 0.15) is 48.5 Å². The van der Waals surface area contributed by atoms with E-state index in [1.54, 1.807) is 29.0 Å². The Hall–Kier alpha value is -5.71. The van der Waals surface area contributed by atoms with Crippen molar-refractivity contribution in [3.8, 4) is 17.0 Å². The normalized spacial score (nSPS) is 17.2. The molecule has 5 aromatic rings. The molecule has 4 heterocycles. The Kier molecular flexibility index (Phi) is 10.5. The van der Waals surface area contributed by atoms with Gasteiger partial charge in [-0.25, -0.2) is 4.79 Å². The first-order valence-electron chi connectivity index (χ1n) is 19.6. The highest BCUT2D eigenvalue weighted by atomic mass is 16.6. The standard InChI is InChI=1S/C46H50N6O4/c1-32-42(44(53)49(4)37-15-7-5-8-16-37)31-48(3)43(32)40-26-34-19-20-51(46(55)56-39-17-9-6-10-18-39)28-36(34)27-41(40)45(54)52-29-35-14-12-11-13-33(35)25-38(52)30-50-23-21-47(2)22-24-50/h5-18,26-27,31,38H,19-25,28-30H2,1-4H3/t38-/m0/s1. The second kappa shape index (κ2) is 15.8.